The molecule has 0 aliphatic heterocycles. The van der Waals surface area contributed by atoms with E-state index in [0.29, 0.717) is 24.1 Å². The summed E-state index contributed by atoms with van der Waals surface area (Å²) in [4.78, 5) is 15.9. The fourth-order valence-corrected chi connectivity index (χ4v) is 2.29. The molecule has 120 valence electrons. The van der Waals surface area contributed by atoms with E-state index in [-0.39, 0.29) is 30.7 Å². The zero-order valence-electron chi connectivity index (χ0n) is 11.5. The van der Waals surface area contributed by atoms with E-state index in [9.17, 15) is 4.79 Å². The van der Waals surface area contributed by atoms with Gasteiger partial charge >= 0.3 is 0 Å². The number of ether oxygens (including phenoxy) is 1. The SMILES string of the molecule is Cl.Cl.NC1(C(=O)NCCOc2ccc(Cl)cn2)CCCC1. The fourth-order valence-electron chi connectivity index (χ4n) is 2.18. The first-order chi connectivity index (χ1) is 9.10. The van der Waals surface area contributed by atoms with Gasteiger partial charge in [0.1, 0.15) is 6.61 Å². The van der Waals surface area contributed by atoms with Crippen LogP contribution in [0.2, 0.25) is 5.02 Å². The van der Waals surface area contributed by atoms with Crippen LogP contribution in [0.15, 0.2) is 18.3 Å². The average Bonchev–Trinajstić information content (AvgIpc) is 2.85. The molecule has 5 nitrogen and oxygen atoms in total. The van der Waals surface area contributed by atoms with Crippen molar-refractivity contribution in [1.29, 1.82) is 0 Å². The van der Waals surface area contributed by atoms with Crippen molar-refractivity contribution in [2.24, 2.45) is 5.73 Å². The average molecular weight is 357 g/mol. The standard InChI is InChI=1S/C13H18ClN3O2.2ClH/c14-10-3-4-11(17-9-10)19-8-7-16-12(18)13(15)5-1-2-6-13;;/h3-4,9H,1-2,5-8,15H2,(H,16,18);2*1H. The van der Waals surface area contributed by atoms with Crippen LogP contribution < -0.4 is 15.8 Å². The van der Waals surface area contributed by atoms with Gasteiger partial charge in [0.25, 0.3) is 0 Å². The number of pyridine rings is 1. The predicted molar refractivity (Wildman–Crippen MR) is 87.6 cm³/mol. The summed E-state index contributed by atoms with van der Waals surface area (Å²) in [6.45, 7) is 0.776. The number of carbonyl (C=O) groups is 1. The minimum Gasteiger partial charge on any atom is -0.476 e. The number of halogens is 3. The van der Waals surface area contributed by atoms with Crippen LogP contribution in [0.5, 0.6) is 5.88 Å². The van der Waals surface area contributed by atoms with E-state index in [1.807, 2.05) is 0 Å². The van der Waals surface area contributed by atoms with E-state index in [1.165, 1.54) is 6.20 Å². The van der Waals surface area contributed by atoms with Gasteiger partial charge in [0, 0.05) is 12.3 Å². The molecule has 1 aromatic rings. The lowest BCUT2D eigenvalue weighted by Crippen LogP contribution is -2.52. The van der Waals surface area contributed by atoms with Gasteiger partial charge in [-0.25, -0.2) is 4.98 Å². The molecule has 0 aromatic carbocycles. The quantitative estimate of drug-likeness (QED) is 0.794. The van der Waals surface area contributed by atoms with E-state index in [4.69, 9.17) is 22.1 Å². The molecule has 1 aliphatic carbocycles. The molecule has 21 heavy (non-hydrogen) atoms. The highest BCUT2D eigenvalue weighted by Gasteiger charge is 2.36. The molecular formula is C13H20Cl3N3O2. The molecule has 1 aliphatic rings. The molecular weight excluding hydrogens is 337 g/mol. The number of hydrogen-bond acceptors (Lipinski definition) is 4. The maximum Gasteiger partial charge on any atom is 0.240 e. The van der Waals surface area contributed by atoms with Crippen molar-refractivity contribution in [2.45, 2.75) is 31.2 Å². The smallest absolute Gasteiger partial charge is 0.240 e. The fraction of sp³-hybridized carbons (Fsp3) is 0.538. The number of nitrogens with zero attached hydrogens (tertiary/aromatic N) is 1. The number of nitrogens with one attached hydrogen (secondary N) is 1. The Kier molecular flexibility index (Phi) is 8.97. The third kappa shape index (κ3) is 5.87. The van der Waals surface area contributed by atoms with Crippen molar-refractivity contribution in [3.8, 4) is 5.88 Å². The van der Waals surface area contributed by atoms with Crippen LogP contribution in [0.25, 0.3) is 0 Å². The zero-order valence-corrected chi connectivity index (χ0v) is 13.9. The predicted octanol–water partition coefficient (Wildman–Crippen LogP) is 2.35. The van der Waals surface area contributed by atoms with Crippen molar-refractivity contribution >= 4 is 42.3 Å². The normalized spacial score (nSPS) is 15.5. The van der Waals surface area contributed by atoms with Crippen LogP contribution in [0.4, 0.5) is 0 Å². The van der Waals surface area contributed by atoms with Crippen molar-refractivity contribution in [2.75, 3.05) is 13.2 Å². The van der Waals surface area contributed by atoms with Gasteiger partial charge in [0.15, 0.2) is 0 Å². The second kappa shape index (κ2) is 9.30. The van der Waals surface area contributed by atoms with E-state index in [1.54, 1.807) is 12.1 Å². The molecule has 1 amide bonds. The van der Waals surface area contributed by atoms with Gasteiger partial charge in [-0.2, -0.15) is 0 Å². The summed E-state index contributed by atoms with van der Waals surface area (Å²) in [5.41, 5.74) is 5.35. The van der Waals surface area contributed by atoms with Crippen molar-refractivity contribution in [1.82, 2.24) is 10.3 Å². The van der Waals surface area contributed by atoms with Crippen LogP contribution in [-0.2, 0) is 4.79 Å². The van der Waals surface area contributed by atoms with Gasteiger partial charge in [-0.15, -0.1) is 24.8 Å². The second-order valence-corrected chi connectivity index (χ2v) is 5.22. The number of carbonyl (C=O) groups excluding carboxylic acids is 1. The molecule has 2 rings (SSSR count). The van der Waals surface area contributed by atoms with Crippen LogP contribution in [0.1, 0.15) is 25.7 Å². The van der Waals surface area contributed by atoms with Crippen LogP contribution in [0, 0.1) is 0 Å². The summed E-state index contributed by atoms with van der Waals surface area (Å²) in [5.74, 6) is 0.402. The molecule has 1 heterocycles. The van der Waals surface area contributed by atoms with E-state index in [2.05, 4.69) is 10.3 Å². The first kappa shape index (κ1) is 20.2. The third-order valence-electron chi connectivity index (χ3n) is 3.29. The van der Waals surface area contributed by atoms with Gasteiger partial charge in [-0.05, 0) is 18.9 Å². The molecule has 0 saturated heterocycles. The Morgan fingerprint density at radius 1 is 1.38 bits per heavy atom. The van der Waals surface area contributed by atoms with Crippen LogP contribution in [-0.4, -0.2) is 29.6 Å². The van der Waals surface area contributed by atoms with E-state index < -0.39 is 5.54 Å². The maximum atomic E-state index is 11.9. The van der Waals surface area contributed by atoms with Crippen LogP contribution in [0.3, 0.4) is 0 Å². The Hall–Kier alpha value is -0.750. The molecule has 0 atom stereocenters. The zero-order chi connectivity index (χ0) is 13.7. The Balaban J connectivity index is 0.00000200. The summed E-state index contributed by atoms with van der Waals surface area (Å²) in [6, 6.07) is 3.39. The first-order valence-corrected chi connectivity index (χ1v) is 6.79. The highest BCUT2D eigenvalue weighted by Crippen LogP contribution is 2.27. The molecule has 0 radical (unpaired) electrons. The first-order valence-electron chi connectivity index (χ1n) is 6.42. The van der Waals surface area contributed by atoms with E-state index >= 15 is 0 Å². The van der Waals surface area contributed by atoms with E-state index in [0.717, 1.165) is 25.7 Å². The lowest BCUT2D eigenvalue weighted by atomic mass is 9.98. The van der Waals surface area contributed by atoms with Crippen LogP contribution >= 0.6 is 36.4 Å². The van der Waals surface area contributed by atoms with Crippen molar-refractivity contribution < 1.29 is 9.53 Å². The Morgan fingerprint density at radius 2 is 2.05 bits per heavy atom. The minimum absolute atomic E-state index is 0. The number of nitrogens with two attached hydrogens (primary N) is 1. The minimum atomic E-state index is -0.682. The summed E-state index contributed by atoms with van der Waals surface area (Å²) in [7, 11) is 0. The maximum absolute atomic E-state index is 11.9. The van der Waals surface area contributed by atoms with Gasteiger partial charge in [0.2, 0.25) is 11.8 Å². The van der Waals surface area contributed by atoms with Crippen molar-refractivity contribution in [3.63, 3.8) is 0 Å². The molecule has 8 heteroatoms. The number of rotatable bonds is 5. The molecule has 0 spiro atoms. The van der Waals surface area contributed by atoms with Crippen molar-refractivity contribution in [3.05, 3.63) is 23.4 Å². The summed E-state index contributed by atoms with van der Waals surface area (Å²) in [5, 5.41) is 3.37. The number of aromatic nitrogens is 1. The number of hydrogen-bond donors (Lipinski definition) is 2. The molecule has 1 aromatic heterocycles. The second-order valence-electron chi connectivity index (χ2n) is 4.78. The lowest BCUT2D eigenvalue weighted by molar-refractivity contribution is -0.126. The largest absolute Gasteiger partial charge is 0.476 e. The Labute approximate surface area is 141 Å². The molecule has 3 N–H and O–H groups in total. The number of amides is 1. The Bertz CT molecular complexity index is 437. The van der Waals surface area contributed by atoms with Gasteiger partial charge in [0.05, 0.1) is 17.1 Å². The summed E-state index contributed by atoms with van der Waals surface area (Å²) in [6.07, 6.45) is 5.09. The molecule has 0 bridgehead atoms. The van der Waals surface area contributed by atoms with Gasteiger partial charge < -0.3 is 15.8 Å². The topological polar surface area (TPSA) is 77.2 Å². The molecule has 1 fully saturated rings. The Morgan fingerprint density at radius 3 is 2.62 bits per heavy atom. The summed E-state index contributed by atoms with van der Waals surface area (Å²) < 4.78 is 5.38. The highest BCUT2D eigenvalue weighted by molar-refractivity contribution is 6.30. The molecule has 0 unspecified atom stereocenters. The third-order valence-corrected chi connectivity index (χ3v) is 3.51. The van der Waals surface area contributed by atoms with Gasteiger partial charge in [-0.3, -0.25) is 4.79 Å². The monoisotopic (exact) mass is 355 g/mol. The lowest BCUT2D eigenvalue weighted by Gasteiger charge is -2.22. The summed E-state index contributed by atoms with van der Waals surface area (Å²) >= 11 is 5.71. The highest BCUT2D eigenvalue weighted by atomic mass is 35.5. The molecule has 1 saturated carbocycles. The van der Waals surface area contributed by atoms with Gasteiger partial charge in [-0.1, -0.05) is 24.4 Å².